The molecule has 0 aliphatic heterocycles. The number of benzene rings is 1. The molecule has 0 saturated heterocycles. The summed E-state index contributed by atoms with van der Waals surface area (Å²) in [7, 11) is 0. The summed E-state index contributed by atoms with van der Waals surface area (Å²) in [5.41, 5.74) is 0. The van der Waals surface area contributed by atoms with Gasteiger partial charge in [0.05, 0.1) is 6.61 Å². The van der Waals surface area contributed by atoms with Crippen molar-refractivity contribution < 1.29 is 21.1 Å². The molecule has 0 aliphatic rings. The minimum atomic E-state index is 0.754. The van der Waals surface area contributed by atoms with Gasteiger partial charge in [0.15, 0.2) is 0 Å². The van der Waals surface area contributed by atoms with Gasteiger partial charge in [-0.2, -0.15) is 18.2 Å². The second kappa shape index (κ2) is 10.9. The topological polar surface area (TPSA) is 9.23 Å². The maximum atomic E-state index is 5.43. The SMILES string of the molecule is C=CCCCOc1c[c-]ccc1.[Zn+][Br]. The van der Waals surface area contributed by atoms with Crippen molar-refractivity contribution in [2.45, 2.75) is 12.8 Å². The molecule has 0 aromatic heterocycles. The molecule has 3 heteroatoms. The Morgan fingerprint density at radius 1 is 1.57 bits per heavy atom. The summed E-state index contributed by atoms with van der Waals surface area (Å²) in [5.74, 6) is 0.890. The molecule has 1 aromatic carbocycles. The van der Waals surface area contributed by atoms with Crippen LogP contribution in [0.2, 0.25) is 0 Å². The molecule has 0 aliphatic carbocycles. The van der Waals surface area contributed by atoms with Crippen molar-refractivity contribution in [2.24, 2.45) is 0 Å². The normalized spacial score (nSPS) is 8.50. The van der Waals surface area contributed by atoms with Gasteiger partial charge in [-0.1, -0.05) is 6.08 Å². The summed E-state index contributed by atoms with van der Waals surface area (Å²) in [4.78, 5) is 0. The van der Waals surface area contributed by atoms with Gasteiger partial charge in [0.25, 0.3) is 0 Å². The Kier molecular flexibility index (Phi) is 10.8. The fourth-order valence-corrected chi connectivity index (χ4v) is 0.884. The van der Waals surface area contributed by atoms with Crippen LogP contribution >= 0.6 is 13.6 Å². The van der Waals surface area contributed by atoms with Gasteiger partial charge in [0.2, 0.25) is 0 Å². The number of allylic oxidation sites excluding steroid dienone is 1. The van der Waals surface area contributed by atoms with Gasteiger partial charge in [0, 0.05) is 5.75 Å². The monoisotopic (exact) mass is 304 g/mol. The van der Waals surface area contributed by atoms with Crippen LogP contribution in [-0.4, -0.2) is 6.61 Å². The van der Waals surface area contributed by atoms with Crippen LogP contribution in [0.4, 0.5) is 0 Å². The van der Waals surface area contributed by atoms with E-state index in [9.17, 15) is 0 Å². The summed E-state index contributed by atoms with van der Waals surface area (Å²) in [6.07, 6.45) is 3.94. The van der Waals surface area contributed by atoms with Crippen molar-refractivity contribution >= 4 is 13.6 Å². The molecule has 1 rings (SSSR count). The molecular formula is C11H13BrOZn. The third kappa shape index (κ3) is 7.28. The van der Waals surface area contributed by atoms with Gasteiger partial charge in [-0.05, 0) is 12.8 Å². The van der Waals surface area contributed by atoms with Crippen LogP contribution in [0, 0.1) is 6.07 Å². The summed E-state index contributed by atoms with van der Waals surface area (Å²) in [6.45, 7) is 4.40. The van der Waals surface area contributed by atoms with Gasteiger partial charge in [-0.25, -0.2) is 0 Å². The van der Waals surface area contributed by atoms with E-state index in [0.717, 1.165) is 25.2 Å². The van der Waals surface area contributed by atoms with Crippen LogP contribution in [0.25, 0.3) is 0 Å². The standard InChI is InChI=1S/C11H13O.BrH.Zn/c1-2-3-7-10-12-11-8-5-4-6-9-11;;/h2,4-5,8-9H,1,3,7,10H2;1H;/q-1;;+2/p-1. The van der Waals surface area contributed by atoms with E-state index in [4.69, 9.17) is 4.74 Å². The molecular weight excluding hydrogens is 293 g/mol. The summed E-state index contributed by atoms with van der Waals surface area (Å²) in [6, 6.07) is 10.5. The predicted octanol–water partition coefficient (Wildman–Crippen LogP) is 3.67. The predicted molar refractivity (Wildman–Crippen MR) is 59.1 cm³/mol. The molecule has 0 N–H and O–H groups in total. The third-order valence-electron chi connectivity index (χ3n) is 1.50. The van der Waals surface area contributed by atoms with E-state index in [1.807, 2.05) is 30.3 Å². The van der Waals surface area contributed by atoms with Gasteiger partial charge in [0.1, 0.15) is 0 Å². The van der Waals surface area contributed by atoms with Crippen LogP contribution in [0.3, 0.4) is 0 Å². The molecule has 72 valence electrons. The molecule has 0 fully saturated rings. The quantitative estimate of drug-likeness (QED) is 0.349. The Morgan fingerprint density at radius 2 is 2.36 bits per heavy atom. The molecule has 0 amide bonds. The number of rotatable bonds is 5. The summed E-state index contributed by atoms with van der Waals surface area (Å²) in [5, 5.41) is 0. The maximum absolute atomic E-state index is 5.43. The second-order valence-electron chi connectivity index (χ2n) is 2.52. The first kappa shape index (κ1) is 13.9. The van der Waals surface area contributed by atoms with Gasteiger partial charge in [-0.15, -0.1) is 18.7 Å². The molecule has 0 saturated carbocycles. The molecule has 1 aromatic rings. The molecule has 0 heterocycles. The average Bonchev–Trinajstić information content (AvgIpc) is 2.29. The Morgan fingerprint density at radius 3 is 2.93 bits per heavy atom. The zero-order valence-corrected chi connectivity index (χ0v) is 12.8. The van der Waals surface area contributed by atoms with Crippen molar-refractivity contribution in [3.63, 3.8) is 0 Å². The molecule has 1 nitrogen and oxygen atoms in total. The molecule has 0 bridgehead atoms. The van der Waals surface area contributed by atoms with E-state index in [1.54, 1.807) is 0 Å². The van der Waals surface area contributed by atoms with Gasteiger partial charge < -0.3 is 4.74 Å². The van der Waals surface area contributed by atoms with E-state index < -0.39 is 0 Å². The van der Waals surface area contributed by atoms with Crippen molar-refractivity contribution in [2.75, 3.05) is 6.61 Å². The first-order valence-corrected chi connectivity index (χ1v) is 11.3. The Labute approximate surface area is 103 Å². The van der Waals surface area contributed by atoms with Crippen molar-refractivity contribution in [3.05, 3.63) is 43.0 Å². The summed E-state index contributed by atoms with van der Waals surface area (Å²) < 4.78 is 5.43. The van der Waals surface area contributed by atoms with Crippen molar-refractivity contribution in [1.29, 1.82) is 0 Å². The van der Waals surface area contributed by atoms with Gasteiger partial charge >= 0.3 is 30.0 Å². The van der Waals surface area contributed by atoms with Crippen LogP contribution in [0.5, 0.6) is 5.75 Å². The minimum absolute atomic E-state index is 0.754. The Bertz CT molecular complexity index is 226. The average molecular weight is 307 g/mol. The second-order valence-corrected chi connectivity index (χ2v) is 2.52. The first-order chi connectivity index (χ1) is 6.93. The van der Waals surface area contributed by atoms with E-state index in [2.05, 4.69) is 26.3 Å². The zero-order valence-electron chi connectivity index (χ0n) is 8.21. The van der Waals surface area contributed by atoms with Crippen LogP contribution < -0.4 is 4.74 Å². The molecule has 0 radical (unpaired) electrons. The van der Waals surface area contributed by atoms with E-state index in [-0.39, 0.29) is 0 Å². The number of ether oxygens (including phenoxy) is 1. The first-order valence-electron chi connectivity index (χ1n) is 4.40. The number of unbranched alkanes of at least 4 members (excludes halogenated alkanes) is 1. The van der Waals surface area contributed by atoms with E-state index >= 15 is 0 Å². The van der Waals surface area contributed by atoms with Crippen LogP contribution in [0.1, 0.15) is 12.8 Å². The van der Waals surface area contributed by atoms with Crippen molar-refractivity contribution in [1.82, 2.24) is 0 Å². The summed E-state index contributed by atoms with van der Waals surface area (Å²) >= 11 is 4.25. The zero-order chi connectivity index (χ0) is 10.6. The van der Waals surface area contributed by atoms with Crippen molar-refractivity contribution in [3.8, 4) is 5.75 Å². The third-order valence-corrected chi connectivity index (χ3v) is 1.50. The molecule has 0 unspecified atom stereocenters. The molecule has 0 atom stereocenters. The number of hydrogen-bond donors (Lipinski definition) is 0. The fraction of sp³-hybridized carbons (Fsp3) is 0.273. The Hall–Kier alpha value is -0.137. The fourth-order valence-electron chi connectivity index (χ4n) is 0.884. The van der Waals surface area contributed by atoms with E-state index in [0.29, 0.717) is 0 Å². The number of hydrogen-bond acceptors (Lipinski definition) is 1. The van der Waals surface area contributed by atoms with E-state index in [1.165, 1.54) is 16.3 Å². The molecule has 0 spiro atoms. The molecule has 14 heavy (non-hydrogen) atoms. The Balaban J connectivity index is 0.000000791. The number of halogens is 1. The van der Waals surface area contributed by atoms with Crippen LogP contribution in [0.15, 0.2) is 36.9 Å². The van der Waals surface area contributed by atoms with Crippen LogP contribution in [-0.2, 0) is 16.3 Å². The van der Waals surface area contributed by atoms with Gasteiger partial charge in [-0.3, -0.25) is 0 Å².